The Balaban J connectivity index is 1.74. The second-order valence-electron chi connectivity index (χ2n) is 6.55. The second-order valence-corrected chi connectivity index (χ2v) is 7.37. The number of hydrogen-bond acceptors (Lipinski definition) is 3. The van der Waals surface area contributed by atoms with Crippen LogP contribution in [0, 0.1) is 20.8 Å². The highest BCUT2D eigenvalue weighted by molar-refractivity contribution is 6.31. The van der Waals surface area contributed by atoms with Gasteiger partial charge in [0.1, 0.15) is 6.04 Å². The lowest BCUT2D eigenvalue weighted by atomic mass is 10.2. The molecule has 0 bridgehead atoms. The van der Waals surface area contributed by atoms with E-state index in [9.17, 15) is 4.79 Å². The van der Waals surface area contributed by atoms with E-state index in [-0.39, 0.29) is 5.91 Å². The molecule has 1 unspecified atom stereocenters. The van der Waals surface area contributed by atoms with E-state index in [1.807, 2.05) is 55.8 Å². The van der Waals surface area contributed by atoms with Crippen LogP contribution in [0.2, 0.25) is 10.0 Å². The molecule has 0 fully saturated rings. The second kappa shape index (κ2) is 7.74. The van der Waals surface area contributed by atoms with E-state index in [1.54, 1.807) is 11.6 Å². The summed E-state index contributed by atoms with van der Waals surface area (Å²) in [5.74, 6) is 0.295. The third kappa shape index (κ3) is 4.17. The van der Waals surface area contributed by atoms with Crippen LogP contribution in [0.4, 0.5) is 5.82 Å². The largest absolute Gasteiger partial charge is 0.307 e. The molecule has 2 heterocycles. The van der Waals surface area contributed by atoms with E-state index in [0.29, 0.717) is 28.1 Å². The fourth-order valence-corrected chi connectivity index (χ4v) is 3.24. The van der Waals surface area contributed by atoms with Crippen molar-refractivity contribution in [1.29, 1.82) is 0 Å². The standard InChI is InChI=1S/C19H21Cl2N5O/c1-11-8-17(24-25(11)10-15-6-5-7-16(20)9-15)22-19(27)14(4)26-13(3)18(21)12(2)23-26/h5-9,14H,10H2,1-4H3,(H,22,24,27). The van der Waals surface area contributed by atoms with Gasteiger partial charge in [-0.2, -0.15) is 10.2 Å². The van der Waals surface area contributed by atoms with Crippen LogP contribution in [-0.2, 0) is 11.3 Å². The van der Waals surface area contributed by atoms with Gasteiger partial charge in [-0.25, -0.2) is 0 Å². The number of nitrogens with zero attached hydrogens (tertiary/aromatic N) is 4. The molecule has 1 aromatic carbocycles. The molecule has 1 N–H and O–H groups in total. The predicted molar refractivity (Wildman–Crippen MR) is 108 cm³/mol. The van der Waals surface area contributed by atoms with E-state index in [4.69, 9.17) is 23.2 Å². The number of carbonyl (C=O) groups excluding carboxylic acids is 1. The van der Waals surface area contributed by atoms with Gasteiger partial charge >= 0.3 is 0 Å². The number of carbonyl (C=O) groups is 1. The molecule has 3 rings (SSSR count). The van der Waals surface area contributed by atoms with Crippen LogP contribution < -0.4 is 5.32 Å². The van der Waals surface area contributed by atoms with Gasteiger partial charge in [0.25, 0.3) is 0 Å². The maximum Gasteiger partial charge on any atom is 0.250 e. The van der Waals surface area contributed by atoms with Crippen molar-refractivity contribution in [1.82, 2.24) is 19.6 Å². The lowest BCUT2D eigenvalue weighted by Crippen LogP contribution is -2.25. The maximum atomic E-state index is 12.6. The van der Waals surface area contributed by atoms with Crippen LogP contribution >= 0.6 is 23.2 Å². The van der Waals surface area contributed by atoms with Gasteiger partial charge in [0.15, 0.2) is 5.82 Å². The minimum absolute atomic E-state index is 0.204. The van der Waals surface area contributed by atoms with Gasteiger partial charge in [0.05, 0.1) is 23.0 Å². The summed E-state index contributed by atoms with van der Waals surface area (Å²) in [7, 11) is 0. The van der Waals surface area contributed by atoms with E-state index in [1.165, 1.54) is 0 Å². The number of nitrogens with one attached hydrogen (secondary N) is 1. The lowest BCUT2D eigenvalue weighted by Gasteiger charge is -2.13. The Hall–Kier alpha value is -2.31. The van der Waals surface area contributed by atoms with Gasteiger partial charge in [-0.15, -0.1) is 0 Å². The summed E-state index contributed by atoms with van der Waals surface area (Å²) in [5, 5.41) is 12.9. The summed E-state index contributed by atoms with van der Waals surface area (Å²) in [4.78, 5) is 12.6. The summed E-state index contributed by atoms with van der Waals surface area (Å²) in [6, 6.07) is 8.95. The van der Waals surface area contributed by atoms with Crippen molar-refractivity contribution in [2.75, 3.05) is 5.32 Å². The average molecular weight is 406 g/mol. The Morgan fingerprint density at radius 3 is 2.56 bits per heavy atom. The number of halogens is 2. The number of benzene rings is 1. The molecule has 3 aromatic rings. The summed E-state index contributed by atoms with van der Waals surface area (Å²) >= 11 is 12.2. The normalized spacial score (nSPS) is 12.2. The molecule has 6 nitrogen and oxygen atoms in total. The first-order chi connectivity index (χ1) is 12.8. The van der Waals surface area contributed by atoms with Gasteiger partial charge in [-0.3, -0.25) is 14.2 Å². The Morgan fingerprint density at radius 2 is 1.93 bits per heavy atom. The molecule has 8 heteroatoms. The first-order valence-electron chi connectivity index (χ1n) is 8.57. The molecular weight excluding hydrogens is 385 g/mol. The fraction of sp³-hybridized carbons (Fsp3) is 0.316. The van der Waals surface area contributed by atoms with Gasteiger partial charge in [-0.05, 0) is 45.4 Å². The maximum absolute atomic E-state index is 12.6. The molecule has 1 amide bonds. The van der Waals surface area contributed by atoms with Gasteiger partial charge in [0, 0.05) is 16.8 Å². The number of amides is 1. The average Bonchev–Trinajstić information content (AvgIpc) is 3.08. The van der Waals surface area contributed by atoms with Crippen molar-refractivity contribution >= 4 is 34.9 Å². The molecule has 1 atom stereocenters. The van der Waals surface area contributed by atoms with Crippen LogP contribution in [0.15, 0.2) is 30.3 Å². The number of hydrogen-bond donors (Lipinski definition) is 1. The zero-order valence-corrected chi connectivity index (χ0v) is 17.1. The number of rotatable bonds is 5. The van der Waals surface area contributed by atoms with Crippen molar-refractivity contribution in [3.8, 4) is 0 Å². The zero-order valence-electron chi connectivity index (χ0n) is 15.6. The Kier molecular flexibility index (Phi) is 5.58. The molecule has 0 spiro atoms. The minimum Gasteiger partial charge on any atom is -0.307 e. The molecule has 27 heavy (non-hydrogen) atoms. The van der Waals surface area contributed by atoms with Gasteiger partial charge in [-0.1, -0.05) is 35.3 Å². The summed E-state index contributed by atoms with van der Waals surface area (Å²) < 4.78 is 3.45. The summed E-state index contributed by atoms with van der Waals surface area (Å²) in [6.45, 7) is 7.95. The Morgan fingerprint density at radius 1 is 1.19 bits per heavy atom. The number of aryl methyl sites for hydroxylation is 2. The lowest BCUT2D eigenvalue weighted by molar-refractivity contribution is -0.119. The minimum atomic E-state index is -0.505. The highest BCUT2D eigenvalue weighted by Gasteiger charge is 2.21. The smallest absolute Gasteiger partial charge is 0.250 e. The van der Waals surface area contributed by atoms with E-state index < -0.39 is 6.04 Å². The van der Waals surface area contributed by atoms with Crippen molar-refractivity contribution in [3.05, 3.63) is 63.0 Å². The third-order valence-corrected chi connectivity index (χ3v) is 5.22. The third-order valence-electron chi connectivity index (χ3n) is 4.44. The molecular formula is C19H21Cl2N5O. The van der Waals surface area contributed by atoms with Gasteiger partial charge < -0.3 is 5.32 Å². The molecule has 2 aromatic heterocycles. The monoisotopic (exact) mass is 405 g/mol. The highest BCUT2D eigenvalue weighted by atomic mass is 35.5. The first-order valence-corrected chi connectivity index (χ1v) is 9.33. The molecule has 0 radical (unpaired) electrons. The van der Waals surface area contributed by atoms with Crippen LogP contribution in [0.5, 0.6) is 0 Å². The highest BCUT2D eigenvalue weighted by Crippen LogP contribution is 2.23. The molecule has 0 saturated carbocycles. The Labute approximate surface area is 168 Å². The topological polar surface area (TPSA) is 64.7 Å². The van der Waals surface area contributed by atoms with Crippen molar-refractivity contribution in [3.63, 3.8) is 0 Å². The van der Waals surface area contributed by atoms with Crippen molar-refractivity contribution < 1.29 is 4.79 Å². The van der Waals surface area contributed by atoms with E-state index >= 15 is 0 Å². The van der Waals surface area contributed by atoms with Crippen molar-refractivity contribution in [2.24, 2.45) is 0 Å². The number of anilines is 1. The quantitative estimate of drug-likeness (QED) is 0.676. The van der Waals surface area contributed by atoms with Gasteiger partial charge in [0.2, 0.25) is 5.91 Å². The summed E-state index contributed by atoms with van der Waals surface area (Å²) in [5.41, 5.74) is 3.44. The SMILES string of the molecule is Cc1nn(C(C)C(=O)Nc2cc(C)n(Cc3cccc(Cl)c3)n2)c(C)c1Cl. The Bertz CT molecular complexity index is 992. The van der Waals surface area contributed by atoms with Crippen LogP contribution in [0.1, 0.15) is 35.6 Å². The summed E-state index contributed by atoms with van der Waals surface area (Å²) in [6.07, 6.45) is 0. The van der Waals surface area contributed by atoms with Crippen LogP contribution in [0.25, 0.3) is 0 Å². The van der Waals surface area contributed by atoms with E-state index in [0.717, 1.165) is 17.0 Å². The van der Waals surface area contributed by atoms with Crippen LogP contribution in [-0.4, -0.2) is 25.5 Å². The molecule has 0 saturated heterocycles. The predicted octanol–water partition coefficient (Wildman–Crippen LogP) is 4.56. The molecule has 0 aliphatic heterocycles. The van der Waals surface area contributed by atoms with E-state index in [2.05, 4.69) is 15.5 Å². The molecule has 142 valence electrons. The van der Waals surface area contributed by atoms with Crippen molar-refractivity contribution in [2.45, 2.75) is 40.3 Å². The van der Waals surface area contributed by atoms with Crippen LogP contribution in [0.3, 0.4) is 0 Å². The zero-order chi connectivity index (χ0) is 19.7. The first kappa shape index (κ1) is 19.5. The molecule has 0 aliphatic carbocycles. The molecule has 0 aliphatic rings. The fourth-order valence-electron chi connectivity index (χ4n) is 2.90. The number of aromatic nitrogens is 4.